The van der Waals surface area contributed by atoms with Gasteiger partial charge in [-0.25, -0.2) is 0 Å². The summed E-state index contributed by atoms with van der Waals surface area (Å²) in [6.45, 7) is 3.99. The standard InChI is InChI=1S/C14H13N3O/c1-9-8-15-12(13-6-10(2)16-17-13)7-11(9)14-4-3-5-18-14/h3-8H,1-2H3,(H,16,17). The van der Waals surface area contributed by atoms with Crippen LogP contribution in [0.2, 0.25) is 0 Å². The largest absolute Gasteiger partial charge is 0.464 e. The van der Waals surface area contributed by atoms with Crippen molar-refractivity contribution in [3.63, 3.8) is 0 Å². The van der Waals surface area contributed by atoms with Crippen molar-refractivity contribution in [2.75, 3.05) is 0 Å². The summed E-state index contributed by atoms with van der Waals surface area (Å²) in [7, 11) is 0. The number of aryl methyl sites for hydroxylation is 2. The van der Waals surface area contributed by atoms with Gasteiger partial charge in [-0.2, -0.15) is 5.10 Å². The monoisotopic (exact) mass is 239 g/mol. The Kier molecular flexibility index (Phi) is 2.48. The van der Waals surface area contributed by atoms with Crippen LogP contribution < -0.4 is 0 Å². The summed E-state index contributed by atoms with van der Waals surface area (Å²) in [5, 5.41) is 7.14. The van der Waals surface area contributed by atoms with E-state index in [0.29, 0.717) is 0 Å². The van der Waals surface area contributed by atoms with Crippen LogP contribution in [0.3, 0.4) is 0 Å². The Morgan fingerprint density at radius 1 is 1.17 bits per heavy atom. The van der Waals surface area contributed by atoms with Crippen molar-refractivity contribution in [1.82, 2.24) is 15.2 Å². The average molecular weight is 239 g/mol. The van der Waals surface area contributed by atoms with Crippen LogP contribution in [0, 0.1) is 13.8 Å². The molecule has 3 rings (SSSR count). The molecule has 4 heteroatoms. The molecule has 3 heterocycles. The van der Waals surface area contributed by atoms with Gasteiger partial charge >= 0.3 is 0 Å². The van der Waals surface area contributed by atoms with E-state index < -0.39 is 0 Å². The molecule has 0 fully saturated rings. The lowest BCUT2D eigenvalue weighted by molar-refractivity contribution is 0.582. The zero-order valence-corrected chi connectivity index (χ0v) is 10.3. The molecule has 0 aromatic carbocycles. The van der Waals surface area contributed by atoms with Crippen LogP contribution >= 0.6 is 0 Å². The number of pyridine rings is 1. The smallest absolute Gasteiger partial charge is 0.134 e. The first kappa shape index (κ1) is 10.8. The van der Waals surface area contributed by atoms with E-state index in [2.05, 4.69) is 15.2 Å². The number of hydrogen-bond donors (Lipinski definition) is 1. The molecular formula is C14H13N3O. The quantitative estimate of drug-likeness (QED) is 0.746. The fourth-order valence-corrected chi connectivity index (χ4v) is 1.91. The number of hydrogen-bond acceptors (Lipinski definition) is 3. The number of rotatable bonds is 2. The molecule has 0 amide bonds. The Labute approximate surface area is 105 Å². The summed E-state index contributed by atoms with van der Waals surface area (Å²) in [5.74, 6) is 0.850. The Morgan fingerprint density at radius 2 is 2.06 bits per heavy atom. The topological polar surface area (TPSA) is 54.7 Å². The molecule has 90 valence electrons. The first-order valence-electron chi connectivity index (χ1n) is 5.77. The van der Waals surface area contributed by atoms with Crippen molar-refractivity contribution in [1.29, 1.82) is 0 Å². The van der Waals surface area contributed by atoms with Gasteiger partial charge in [0.1, 0.15) is 11.5 Å². The Morgan fingerprint density at radius 3 is 2.72 bits per heavy atom. The summed E-state index contributed by atoms with van der Waals surface area (Å²) >= 11 is 0. The van der Waals surface area contributed by atoms with Crippen molar-refractivity contribution in [3.05, 3.63) is 48.0 Å². The molecule has 18 heavy (non-hydrogen) atoms. The number of H-pyrrole nitrogens is 1. The van der Waals surface area contributed by atoms with Crippen molar-refractivity contribution < 1.29 is 4.42 Å². The molecule has 0 aliphatic rings. The summed E-state index contributed by atoms with van der Waals surface area (Å²) in [4.78, 5) is 4.41. The van der Waals surface area contributed by atoms with Gasteiger partial charge in [-0.1, -0.05) is 0 Å². The lowest BCUT2D eigenvalue weighted by atomic mass is 10.1. The predicted octanol–water partition coefficient (Wildman–Crippen LogP) is 3.35. The average Bonchev–Trinajstić information content (AvgIpc) is 3.01. The Bertz CT molecular complexity index is 668. The second-order valence-corrected chi connectivity index (χ2v) is 4.30. The van der Waals surface area contributed by atoms with E-state index >= 15 is 0 Å². The molecule has 4 nitrogen and oxygen atoms in total. The van der Waals surface area contributed by atoms with Crippen LogP contribution in [0.15, 0.2) is 41.1 Å². The molecular weight excluding hydrogens is 226 g/mol. The van der Waals surface area contributed by atoms with Gasteiger partial charge in [-0.05, 0) is 43.7 Å². The van der Waals surface area contributed by atoms with Gasteiger partial charge in [-0.3, -0.25) is 10.1 Å². The molecule has 0 radical (unpaired) electrons. The minimum atomic E-state index is 0.844. The van der Waals surface area contributed by atoms with Crippen molar-refractivity contribution >= 4 is 0 Å². The van der Waals surface area contributed by atoms with E-state index in [0.717, 1.165) is 34.0 Å². The molecule has 0 atom stereocenters. The lowest BCUT2D eigenvalue weighted by Gasteiger charge is -2.04. The third-order valence-electron chi connectivity index (χ3n) is 2.86. The van der Waals surface area contributed by atoms with Crippen molar-refractivity contribution in [2.24, 2.45) is 0 Å². The number of nitrogens with one attached hydrogen (secondary N) is 1. The second kappa shape index (κ2) is 4.14. The maximum absolute atomic E-state index is 5.44. The summed E-state index contributed by atoms with van der Waals surface area (Å²) in [5.41, 5.74) is 4.84. The van der Waals surface area contributed by atoms with Crippen LogP contribution in [0.5, 0.6) is 0 Å². The van der Waals surface area contributed by atoms with Crippen LogP contribution in [0.1, 0.15) is 11.3 Å². The van der Waals surface area contributed by atoms with Crippen molar-refractivity contribution in [3.8, 4) is 22.7 Å². The molecule has 0 aliphatic heterocycles. The predicted molar refractivity (Wildman–Crippen MR) is 69.0 cm³/mol. The van der Waals surface area contributed by atoms with Gasteiger partial charge in [-0.15, -0.1) is 0 Å². The van der Waals surface area contributed by atoms with Crippen LogP contribution in [-0.2, 0) is 0 Å². The third-order valence-corrected chi connectivity index (χ3v) is 2.86. The molecule has 0 unspecified atom stereocenters. The fraction of sp³-hybridized carbons (Fsp3) is 0.143. The van der Waals surface area contributed by atoms with Crippen LogP contribution in [0.25, 0.3) is 22.7 Å². The molecule has 0 aliphatic carbocycles. The molecule has 0 bridgehead atoms. The Hall–Kier alpha value is -2.36. The van der Waals surface area contributed by atoms with Gasteiger partial charge in [0.05, 0.1) is 12.0 Å². The van der Waals surface area contributed by atoms with E-state index in [4.69, 9.17) is 4.42 Å². The van der Waals surface area contributed by atoms with E-state index in [1.807, 2.05) is 44.3 Å². The summed E-state index contributed by atoms with van der Waals surface area (Å²) in [6.07, 6.45) is 3.52. The molecule has 1 N–H and O–H groups in total. The maximum Gasteiger partial charge on any atom is 0.134 e. The van der Waals surface area contributed by atoms with Gasteiger partial charge < -0.3 is 4.42 Å². The summed E-state index contributed by atoms with van der Waals surface area (Å²) < 4.78 is 5.44. The number of furan rings is 1. The highest BCUT2D eigenvalue weighted by atomic mass is 16.3. The fourth-order valence-electron chi connectivity index (χ4n) is 1.91. The second-order valence-electron chi connectivity index (χ2n) is 4.30. The van der Waals surface area contributed by atoms with Crippen LogP contribution in [-0.4, -0.2) is 15.2 Å². The third kappa shape index (κ3) is 1.82. The van der Waals surface area contributed by atoms with Gasteiger partial charge in [0.2, 0.25) is 0 Å². The number of aromatic amines is 1. The molecule has 0 saturated heterocycles. The van der Waals surface area contributed by atoms with Gasteiger partial charge in [0.25, 0.3) is 0 Å². The SMILES string of the molecule is Cc1cc(-c2cc(-c3ccco3)c(C)cn2)n[nH]1. The molecule has 0 saturated carbocycles. The van der Waals surface area contributed by atoms with E-state index in [9.17, 15) is 0 Å². The maximum atomic E-state index is 5.44. The molecule has 3 aromatic rings. The normalized spacial score (nSPS) is 10.8. The zero-order valence-electron chi connectivity index (χ0n) is 10.3. The highest BCUT2D eigenvalue weighted by Crippen LogP contribution is 2.27. The highest BCUT2D eigenvalue weighted by molar-refractivity contribution is 5.68. The zero-order chi connectivity index (χ0) is 12.5. The lowest BCUT2D eigenvalue weighted by Crippen LogP contribution is -1.89. The number of aromatic nitrogens is 3. The minimum Gasteiger partial charge on any atom is -0.464 e. The first-order chi connectivity index (χ1) is 8.74. The van der Waals surface area contributed by atoms with E-state index in [1.165, 1.54) is 0 Å². The summed E-state index contributed by atoms with van der Waals surface area (Å²) in [6, 6.07) is 7.81. The molecule has 0 spiro atoms. The first-order valence-corrected chi connectivity index (χ1v) is 5.77. The Balaban J connectivity index is 2.11. The van der Waals surface area contributed by atoms with Crippen molar-refractivity contribution in [2.45, 2.75) is 13.8 Å². The highest BCUT2D eigenvalue weighted by Gasteiger charge is 2.09. The van der Waals surface area contributed by atoms with Crippen LogP contribution in [0.4, 0.5) is 0 Å². The van der Waals surface area contributed by atoms with Gasteiger partial charge in [0.15, 0.2) is 0 Å². The molecule has 3 aromatic heterocycles. The minimum absolute atomic E-state index is 0.844. The van der Waals surface area contributed by atoms with E-state index in [-0.39, 0.29) is 0 Å². The van der Waals surface area contributed by atoms with E-state index in [1.54, 1.807) is 6.26 Å². The number of nitrogens with zero attached hydrogens (tertiary/aromatic N) is 2. The van der Waals surface area contributed by atoms with Gasteiger partial charge in [0, 0.05) is 17.5 Å².